The van der Waals surface area contributed by atoms with Crippen molar-refractivity contribution >= 4 is 11.8 Å². The molecular weight excluding hydrogens is 302 g/mol. The molecule has 124 valence electrons. The quantitative estimate of drug-likeness (QED) is 0.878. The molecule has 1 aliphatic heterocycles. The monoisotopic (exact) mass is 323 g/mol. The van der Waals surface area contributed by atoms with Crippen LogP contribution >= 0.6 is 0 Å². The molecule has 3 rings (SSSR count). The van der Waals surface area contributed by atoms with Gasteiger partial charge in [0.2, 0.25) is 11.8 Å². The summed E-state index contributed by atoms with van der Waals surface area (Å²) in [5.41, 5.74) is 3.15. The lowest BCUT2D eigenvalue weighted by Gasteiger charge is -2.28. The van der Waals surface area contributed by atoms with Gasteiger partial charge in [0.05, 0.1) is 0 Å². The summed E-state index contributed by atoms with van der Waals surface area (Å²) in [6, 6.07) is 11.9. The number of likely N-dealkylation sites (tertiary alicyclic amines) is 1. The molecule has 1 fully saturated rings. The zero-order valence-electron chi connectivity index (χ0n) is 13.7. The SMILES string of the molecule is CN1CCCC(C(=O)NCc2ccc(-c3cccnc3)cc2)C1=O. The van der Waals surface area contributed by atoms with Crippen LogP contribution in [0.15, 0.2) is 48.8 Å². The lowest BCUT2D eigenvalue weighted by Crippen LogP contribution is -2.45. The van der Waals surface area contributed by atoms with Gasteiger partial charge in [0.1, 0.15) is 5.92 Å². The van der Waals surface area contributed by atoms with Crippen LogP contribution in [0.1, 0.15) is 18.4 Å². The van der Waals surface area contributed by atoms with E-state index in [1.807, 2.05) is 42.6 Å². The van der Waals surface area contributed by atoms with Gasteiger partial charge in [-0.2, -0.15) is 0 Å². The summed E-state index contributed by atoms with van der Waals surface area (Å²) in [6.07, 6.45) is 5.08. The first kappa shape index (κ1) is 16.2. The van der Waals surface area contributed by atoms with Crippen LogP contribution in [0, 0.1) is 5.92 Å². The smallest absolute Gasteiger partial charge is 0.234 e. The maximum atomic E-state index is 12.2. The average molecular weight is 323 g/mol. The minimum atomic E-state index is -0.543. The molecule has 24 heavy (non-hydrogen) atoms. The van der Waals surface area contributed by atoms with E-state index in [-0.39, 0.29) is 11.8 Å². The van der Waals surface area contributed by atoms with Crippen LogP contribution in [0.4, 0.5) is 0 Å². The van der Waals surface area contributed by atoms with E-state index in [9.17, 15) is 9.59 Å². The van der Waals surface area contributed by atoms with Gasteiger partial charge in [-0.25, -0.2) is 0 Å². The highest BCUT2D eigenvalue weighted by atomic mass is 16.2. The van der Waals surface area contributed by atoms with Crippen molar-refractivity contribution in [1.29, 1.82) is 0 Å². The molecule has 1 aliphatic rings. The Kier molecular flexibility index (Phi) is 4.89. The lowest BCUT2D eigenvalue weighted by atomic mass is 9.96. The first-order chi connectivity index (χ1) is 11.6. The fourth-order valence-electron chi connectivity index (χ4n) is 2.94. The molecule has 0 spiro atoms. The predicted molar refractivity (Wildman–Crippen MR) is 91.9 cm³/mol. The Balaban J connectivity index is 1.59. The van der Waals surface area contributed by atoms with E-state index < -0.39 is 5.92 Å². The van der Waals surface area contributed by atoms with Crippen molar-refractivity contribution in [2.75, 3.05) is 13.6 Å². The van der Waals surface area contributed by atoms with Crippen LogP contribution in [-0.4, -0.2) is 35.3 Å². The first-order valence-electron chi connectivity index (χ1n) is 8.17. The Hall–Kier alpha value is -2.69. The summed E-state index contributed by atoms with van der Waals surface area (Å²) < 4.78 is 0. The molecule has 1 N–H and O–H groups in total. The molecule has 2 amide bonds. The number of hydrogen-bond acceptors (Lipinski definition) is 3. The van der Waals surface area contributed by atoms with Crippen LogP contribution in [0.3, 0.4) is 0 Å². The Bertz CT molecular complexity index is 713. The minimum absolute atomic E-state index is 0.0781. The number of nitrogens with zero attached hydrogens (tertiary/aromatic N) is 2. The lowest BCUT2D eigenvalue weighted by molar-refractivity contribution is -0.144. The molecule has 0 saturated carbocycles. The Morgan fingerprint density at radius 3 is 2.75 bits per heavy atom. The Labute approximate surface area is 141 Å². The predicted octanol–water partition coefficient (Wildman–Crippen LogP) is 2.23. The van der Waals surface area contributed by atoms with Gasteiger partial charge in [-0.1, -0.05) is 30.3 Å². The van der Waals surface area contributed by atoms with E-state index >= 15 is 0 Å². The second kappa shape index (κ2) is 7.25. The molecular formula is C19H21N3O2. The number of benzene rings is 1. The third kappa shape index (κ3) is 3.62. The summed E-state index contributed by atoms with van der Waals surface area (Å²) in [7, 11) is 1.75. The zero-order valence-corrected chi connectivity index (χ0v) is 13.7. The van der Waals surface area contributed by atoms with E-state index in [2.05, 4.69) is 10.3 Å². The molecule has 5 heteroatoms. The van der Waals surface area contributed by atoms with E-state index in [1.165, 1.54) is 0 Å². The minimum Gasteiger partial charge on any atom is -0.351 e. The van der Waals surface area contributed by atoms with Gasteiger partial charge >= 0.3 is 0 Å². The number of piperidine rings is 1. The van der Waals surface area contributed by atoms with Crippen molar-refractivity contribution in [3.8, 4) is 11.1 Å². The van der Waals surface area contributed by atoms with Crippen LogP contribution in [0.2, 0.25) is 0 Å². The Morgan fingerprint density at radius 1 is 1.25 bits per heavy atom. The normalized spacial score (nSPS) is 17.6. The van der Waals surface area contributed by atoms with Gasteiger partial charge in [-0.15, -0.1) is 0 Å². The largest absolute Gasteiger partial charge is 0.351 e. The first-order valence-corrected chi connectivity index (χ1v) is 8.17. The number of carbonyl (C=O) groups excluding carboxylic acids is 2. The fourth-order valence-corrected chi connectivity index (χ4v) is 2.94. The molecule has 0 bridgehead atoms. The zero-order chi connectivity index (χ0) is 16.9. The topological polar surface area (TPSA) is 62.3 Å². The number of hydrogen-bond donors (Lipinski definition) is 1. The van der Waals surface area contributed by atoms with Crippen molar-refractivity contribution in [1.82, 2.24) is 15.2 Å². The van der Waals surface area contributed by atoms with Crippen LogP contribution in [-0.2, 0) is 16.1 Å². The highest BCUT2D eigenvalue weighted by Crippen LogP contribution is 2.19. The van der Waals surface area contributed by atoms with Crippen molar-refractivity contribution in [2.24, 2.45) is 5.92 Å². The number of amides is 2. The molecule has 2 aromatic rings. The molecule has 1 aromatic heterocycles. The summed E-state index contributed by atoms with van der Waals surface area (Å²) in [4.78, 5) is 30.0. The Morgan fingerprint density at radius 2 is 2.04 bits per heavy atom. The standard InChI is InChI=1S/C19H21N3O2/c1-22-11-3-5-17(19(22)24)18(23)21-12-14-6-8-15(9-7-14)16-4-2-10-20-13-16/h2,4,6-10,13,17H,3,5,11-12H2,1H3,(H,21,23). The molecule has 1 aromatic carbocycles. The van der Waals surface area contributed by atoms with E-state index in [4.69, 9.17) is 0 Å². The van der Waals surface area contributed by atoms with Gasteiger partial charge in [-0.05, 0) is 35.6 Å². The maximum absolute atomic E-state index is 12.2. The van der Waals surface area contributed by atoms with Crippen molar-refractivity contribution < 1.29 is 9.59 Å². The van der Waals surface area contributed by atoms with Crippen molar-refractivity contribution in [2.45, 2.75) is 19.4 Å². The number of carbonyl (C=O) groups is 2. The summed E-state index contributed by atoms with van der Waals surface area (Å²) in [6.45, 7) is 1.16. The van der Waals surface area contributed by atoms with Gasteiger partial charge in [0.25, 0.3) is 0 Å². The molecule has 1 unspecified atom stereocenters. The van der Waals surface area contributed by atoms with Gasteiger partial charge in [0.15, 0.2) is 0 Å². The molecule has 0 radical (unpaired) electrons. The third-order valence-electron chi connectivity index (χ3n) is 4.39. The van der Waals surface area contributed by atoms with E-state index in [0.29, 0.717) is 13.0 Å². The molecule has 1 atom stereocenters. The van der Waals surface area contributed by atoms with Gasteiger partial charge in [-0.3, -0.25) is 14.6 Å². The summed E-state index contributed by atoms with van der Waals surface area (Å²) >= 11 is 0. The molecule has 0 aliphatic carbocycles. The number of aromatic nitrogens is 1. The van der Waals surface area contributed by atoms with Crippen molar-refractivity contribution in [3.63, 3.8) is 0 Å². The second-order valence-electron chi connectivity index (χ2n) is 6.11. The molecule has 1 saturated heterocycles. The van der Waals surface area contributed by atoms with Gasteiger partial charge in [0, 0.05) is 32.5 Å². The second-order valence-corrected chi connectivity index (χ2v) is 6.11. The average Bonchev–Trinajstić information content (AvgIpc) is 2.63. The maximum Gasteiger partial charge on any atom is 0.234 e. The number of pyridine rings is 1. The van der Waals surface area contributed by atoms with E-state index in [1.54, 1.807) is 18.1 Å². The summed E-state index contributed by atoms with van der Waals surface area (Å²) in [5.74, 6) is -0.799. The van der Waals surface area contributed by atoms with Crippen molar-refractivity contribution in [3.05, 3.63) is 54.4 Å². The highest BCUT2D eigenvalue weighted by molar-refractivity contribution is 6.00. The fraction of sp³-hybridized carbons (Fsp3) is 0.316. The summed E-state index contributed by atoms with van der Waals surface area (Å²) in [5, 5.41) is 2.88. The third-order valence-corrected chi connectivity index (χ3v) is 4.39. The van der Waals surface area contributed by atoms with E-state index in [0.717, 1.165) is 29.7 Å². The number of nitrogens with one attached hydrogen (secondary N) is 1. The highest BCUT2D eigenvalue weighted by Gasteiger charge is 2.31. The molecule has 2 heterocycles. The number of rotatable bonds is 4. The van der Waals surface area contributed by atoms with Crippen LogP contribution < -0.4 is 5.32 Å². The van der Waals surface area contributed by atoms with Gasteiger partial charge < -0.3 is 10.2 Å². The van der Waals surface area contributed by atoms with Crippen LogP contribution in [0.25, 0.3) is 11.1 Å². The van der Waals surface area contributed by atoms with Crippen LogP contribution in [0.5, 0.6) is 0 Å². The molecule has 5 nitrogen and oxygen atoms in total.